The summed E-state index contributed by atoms with van der Waals surface area (Å²) >= 11 is 3.53. The second kappa shape index (κ2) is 9.97. The molecule has 0 bridgehead atoms. The predicted molar refractivity (Wildman–Crippen MR) is 137 cm³/mol. The Labute approximate surface area is 207 Å². The maximum atomic E-state index is 11.5. The van der Waals surface area contributed by atoms with Gasteiger partial charge >= 0.3 is 5.97 Å². The molecule has 0 aliphatic carbocycles. The number of carboxylic acid groups (broad SMARTS) is 1. The van der Waals surface area contributed by atoms with E-state index in [1.807, 2.05) is 30.8 Å². The SMILES string of the molecule is Cc1cc(C(=O)O)cc(-c2cnn(C)c2CCCCC(C)Cn2c(N)nc3ccc(Br)cc32)n1. The van der Waals surface area contributed by atoms with E-state index in [0.29, 0.717) is 23.3 Å². The van der Waals surface area contributed by atoms with Gasteiger partial charge in [0.1, 0.15) is 0 Å². The number of nitrogens with zero attached hydrogens (tertiary/aromatic N) is 5. The number of halogens is 1. The molecule has 178 valence electrons. The molecule has 0 radical (unpaired) electrons. The zero-order valence-corrected chi connectivity index (χ0v) is 21.2. The Morgan fingerprint density at radius 3 is 2.76 bits per heavy atom. The van der Waals surface area contributed by atoms with Crippen LogP contribution < -0.4 is 5.73 Å². The molecule has 0 aliphatic heterocycles. The van der Waals surface area contributed by atoms with Gasteiger partial charge in [0.2, 0.25) is 5.95 Å². The second-order valence-electron chi connectivity index (χ2n) is 8.88. The number of nitrogens with two attached hydrogens (primary N) is 1. The molecule has 0 saturated heterocycles. The topological polar surface area (TPSA) is 112 Å². The van der Waals surface area contributed by atoms with Crippen molar-refractivity contribution in [3.05, 3.63) is 58.0 Å². The fourth-order valence-electron chi connectivity index (χ4n) is 4.40. The van der Waals surface area contributed by atoms with E-state index in [-0.39, 0.29) is 5.56 Å². The maximum Gasteiger partial charge on any atom is 0.335 e. The van der Waals surface area contributed by atoms with E-state index >= 15 is 0 Å². The van der Waals surface area contributed by atoms with E-state index in [2.05, 4.69) is 48.6 Å². The lowest BCUT2D eigenvalue weighted by Gasteiger charge is -2.14. The normalized spacial score (nSPS) is 12.4. The van der Waals surface area contributed by atoms with Gasteiger partial charge in [-0.3, -0.25) is 9.67 Å². The molecule has 1 aromatic carbocycles. The lowest BCUT2D eigenvalue weighted by atomic mass is 10.0. The van der Waals surface area contributed by atoms with Crippen molar-refractivity contribution >= 4 is 38.9 Å². The van der Waals surface area contributed by atoms with E-state index in [1.54, 1.807) is 18.3 Å². The molecule has 3 heterocycles. The number of aromatic carboxylic acids is 1. The lowest BCUT2D eigenvalue weighted by Crippen LogP contribution is -2.10. The number of unbranched alkanes of at least 4 members (excludes halogenated alkanes) is 1. The maximum absolute atomic E-state index is 11.5. The zero-order valence-electron chi connectivity index (χ0n) is 19.6. The smallest absolute Gasteiger partial charge is 0.335 e. The van der Waals surface area contributed by atoms with Crippen LogP contribution in [-0.2, 0) is 20.0 Å². The molecule has 0 fully saturated rings. The monoisotopic (exact) mass is 524 g/mol. The number of aryl methyl sites for hydroxylation is 2. The molecule has 1 unspecified atom stereocenters. The summed E-state index contributed by atoms with van der Waals surface area (Å²) < 4.78 is 4.96. The standard InChI is InChI=1S/C25H29BrN6O2/c1-15(14-32-23-12-18(26)8-9-20(23)30-25(32)27)6-4-5-7-22-19(13-28-31(22)3)21-11-17(24(33)34)10-16(2)29-21/h8-13,15H,4-7,14H2,1-3H3,(H2,27,30)(H,33,34). The van der Waals surface area contributed by atoms with Gasteiger partial charge in [0.05, 0.1) is 28.5 Å². The van der Waals surface area contributed by atoms with E-state index < -0.39 is 5.97 Å². The highest BCUT2D eigenvalue weighted by Gasteiger charge is 2.16. The molecule has 9 heteroatoms. The number of nitrogen functional groups attached to an aromatic ring is 1. The number of hydrogen-bond donors (Lipinski definition) is 2. The molecular weight excluding hydrogens is 496 g/mol. The van der Waals surface area contributed by atoms with Gasteiger partial charge in [-0.15, -0.1) is 0 Å². The highest BCUT2D eigenvalue weighted by molar-refractivity contribution is 9.10. The molecule has 3 N–H and O–H groups in total. The third kappa shape index (κ3) is 5.14. The molecule has 0 amide bonds. The van der Waals surface area contributed by atoms with Crippen molar-refractivity contribution in [2.24, 2.45) is 13.0 Å². The van der Waals surface area contributed by atoms with Gasteiger partial charge in [-0.2, -0.15) is 5.10 Å². The molecule has 3 aromatic heterocycles. The van der Waals surface area contributed by atoms with Crippen molar-refractivity contribution in [2.45, 2.75) is 46.1 Å². The van der Waals surface area contributed by atoms with Crippen LogP contribution in [0.2, 0.25) is 0 Å². The van der Waals surface area contributed by atoms with Crippen molar-refractivity contribution < 1.29 is 9.90 Å². The van der Waals surface area contributed by atoms with Gasteiger partial charge < -0.3 is 15.4 Å². The molecule has 4 aromatic rings. The van der Waals surface area contributed by atoms with Crippen LogP contribution >= 0.6 is 15.9 Å². The predicted octanol–water partition coefficient (Wildman–Crippen LogP) is 5.23. The zero-order chi connectivity index (χ0) is 24.4. The van der Waals surface area contributed by atoms with E-state index in [1.165, 1.54) is 0 Å². The number of imidazole rings is 1. The lowest BCUT2D eigenvalue weighted by molar-refractivity contribution is 0.0696. The van der Waals surface area contributed by atoms with Crippen LogP contribution in [0.4, 0.5) is 5.95 Å². The first-order chi connectivity index (χ1) is 16.2. The quantitative estimate of drug-likeness (QED) is 0.290. The van der Waals surface area contributed by atoms with Crippen molar-refractivity contribution in [3.8, 4) is 11.3 Å². The average Bonchev–Trinajstić information content (AvgIpc) is 3.30. The summed E-state index contributed by atoms with van der Waals surface area (Å²) in [5.74, 6) is 0.0389. The van der Waals surface area contributed by atoms with Gasteiger partial charge in [0.15, 0.2) is 0 Å². The van der Waals surface area contributed by atoms with Crippen LogP contribution in [0.15, 0.2) is 41.0 Å². The minimum atomic E-state index is -0.954. The van der Waals surface area contributed by atoms with Crippen LogP contribution in [0.25, 0.3) is 22.3 Å². The summed E-state index contributed by atoms with van der Waals surface area (Å²) in [6.45, 7) is 4.87. The van der Waals surface area contributed by atoms with Crippen molar-refractivity contribution in [2.75, 3.05) is 5.73 Å². The Balaban J connectivity index is 1.39. The van der Waals surface area contributed by atoms with Gasteiger partial charge in [-0.05, 0) is 62.4 Å². The molecule has 8 nitrogen and oxygen atoms in total. The summed E-state index contributed by atoms with van der Waals surface area (Å²) in [4.78, 5) is 20.5. The Hall–Kier alpha value is -3.20. The minimum absolute atomic E-state index is 0.240. The molecule has 0 saturated carbocycles. The highest BCUT2D eigenvalue weighted by atomic mass is 79.9. The fraction of sp³-hybridized carbons (Fsp3) is 0.360. The van der Waals surface area contributed by atoms with Gasteiger partial charge in [0.25, 0.3) is 0 Å². The number of fused-ring (bicyclic) bond motifs is 1. The molecule has 34 heavy (non-hydrogen) atoms. The average molecular weight is 525 g/mol. The highest BCUT2D eigenvalue weighted by Crippen LogP contribution is 2.27. The Bertz CT molecular complexity index is 1340. The Morgan fingerprint density at radius 1 is 1.21 bits per heavy atom. The van der Waals surface area contributed by atoms with Gasteiger partial charge in [-0.1, -0.05) is 29.3 Å². The number of carboxylic acids is 1. The summed E-state index contributed by atoms with van der Waals surface area (Å²) in [6, 6.07) is 9.22. The van der Waals surface area contributed by atoms with Crippen LogP contribution in [0.5, 0.6) is 0 Å². The molecule has 0 aliphatic rings. The van der Waals surface area contributed by atoms with E-state index in [0.717, 1.165) is 59.0 Å². The van der Waals surface area contributed by atoms with Crippen LogP contribution in [0, 0.1) is 12.8 Å². The van der Waals surface area contributed by atoms with Crippen molar-refractivity contribution in [1.82, 2.24) is 24.3 Å². The Morgan fingerprint density at radius 2 is 2.00 bits per heavy atom. The fourth-order valence-corrected chi connectivity index (χ4v) is 4.75. The minimum Gasteiger partial charge on any atom is -0.478 e. The van der Waals surface area contributed by atoms with Gasteiger partial charge in [-0.25, -0.2) is 9.78 Å². The van der Waals surface area contributed by atoms with Gasteiger partial charge in [0, 0.05) is 35.0 Å². The largest absolute Gasteiger partial charge is 0.478 e. The van der Waals surface area contributed by atoms with Crippen LogP contribution in [0.3, 0.4) is 0 Å². The summed E-state index contributed by atoms with van der Waals surface area (Å²) in [5.41, 5.74) is 11.7. The van der Waals surface area contributed by atoms with Crippen molar-refractivity contribution in [3.63, 3.8) is 0 Å². The van der Waals surface area contributed by atoms with E-state index in [4.69, 9.17) is 5.73 Å². The number of anilines is 1. The summed E-state index contributed by atoms with van der Waals surface area (Å²) in [6.07, 6.45) is 5.74. The van der Waals surface area contributed by atoms with Crippen LogP contribution in [-0.4, -0.2) is 35.4 Å². The first-order valence-electron chi connectivity index (χ1n) is 11.4. The molecular formula is C25H29BrN6O2. The number of benzene rings is 1. The summed E-state index contributed by atoms with van der Waals surface area (Å²) in [5, 5.41) is 13.8. The van der Waals surface area contributed by atoms with Crippen LogP contribution in [0.1, 0.15) is 47.9 Å². The number of pyridine rings is 1. The number of hydrogen-bond acceptors (Lipinski definition) is 5. The summed E-state index contributed by atoms with van der Waals surface area (Å²) in [7, 11) is 1.92. The number of rotatable bonds is 9. The Kier molecular flexibility index (Phi) is 7.02. The first-order valence-corrected chi connectivity index (χ1v) is 12.2. The van der Waals surface area contributed by atoms with E-state index in [9.17, 15) is 9.90 Å². The molecule has 4 rings (SSSR count). The molecule has 1 atom stereocenters. The number of carbonyl (C=O) groups is 1. The molecule has 0 spiro atoms. The first kappa shape index (κ1) is 23.9. The third-order valence-corrected chi connectivity index (χ3v) is 6.63. The second-order valence-corrected chi connectivity index (χ2v) is 9.80. The number of aromatic nitrogens is 5. The van der Waals surface area contributed by atoms with Crippen molar-refractivity contribution in [1.29, 1.82) is 0 Å². The third-order valence-electron chi connectivity index (χ3n) is 6.13.